The smallest absolute Gasteiger partial charge is 0.341 e. The largest absolute Gasteiger partial charge is 0.507 e. The highest BCUT2D eigenvalue weighted by molar-refractivity contribution is 5.93. The molecule has 0 atom stereocenters. The first kappa shape index (κ1) is 20.7. The van der Waals surface area contributed by atoms with E-state index < -0.39 is 5.97 Å². The summed E-state index contributed by atoms with van der Waals surface area (Å²) >= 11 is 0. The third-order valence-electron chi connectivity index (χ3n) is 4.99. The van der Waals surface area contributed by atoms with Crippen molar-refractivity contribution in [3.8, 4) is 5.75 Å². The quantitative estimate of drug-likeness (QED) is 0.508. The van der Waals surface area contributed by atoms with Crippen LogP contribution < -0.4 is 0 Å². The standard InChI is InChI=1S/C26H28O3/c1-3-15-29-26(28)24-18-23(16-19(2)25(24)27)14-11-20-9-12-22(13-10-20)17-21-7-5-4-6-8-21/h4-10,12-13,16,18,27H,3,11,14-15,17H2,1-2H3. The molecule has 0 aromatic heterocycles. The summed E-state index contributed by atoms with van der Waals surface area (Å²) in [5, 5.41) is 10.2. The van der Waals surface area contributed by atoms with E-state index in [1.807, 2.05) is 26.0 Å². The van der Waals surface area contributed by atoms with Crippen LogP contribution in [0.4, 0.5) is 0 Å². The molecule has 3 aromatic carbocycles. The Balaban J connectivity index is 1.65. The summed E-state index contributed by atoms with van der Waals surface area (Å²) in [5.74, 6) is -0.445. The average molecular weight is 389 g/mol. The van der Waals surface area contributed by atoms with Gasteiger partial charge in [-0.3, -0.25) is 0 Å². The first-order valence-electron chi connectivity index (χ1n) is 10.2. The molecule has 3 heteroatoms. The molecule has 150 valence electrons. The van der Waals surface area contributed by atoms with Crippen LogP contribution in [0.2, 0.25) is 0 Å². The van der Waals surface area contributed by atoms with Gasteiger partial charge in [0.05, 0.1) is 6.61 Å². The molecule has 0 radical (unpaired) electrons. The van der Waals surface area contributed by atoms with Crippen LogP contribution >= 0.6 is 0 Å². The Kier molecular flexibility index (Phi) is 7.07. The molecule has 0 spiro atoms. The third kappa shape index (κ3) is 5.71. The minimum atomic E-state index is -0.459. The molecule has 29 heavy (non-hydrogen) atoms. The fourth-order valence-electron chi connectivity index (χ4n) is 3.37. The van der Waals surface area contributed by atoms with Crippen molar-refractivity contribution in [1.82, 2.24) is 0 Å². The second-order valence-corrected chi connectivity index (χ2v) is 7.42. The van der Waals surface area contributed by atoms with Gasteiger partial charge >= 0.3 is 5.97 Å². The zero-order valence-electron chi connectivity index (χ0n) is 17.2. The number of carbonyl (C=O) groups is 1. The highest BCUT2D eigenvalue weighted by Crippen LogP contribution is 2.26. The second kappa shape index (κ2) is 9.92. The van der Waals surface area contributed by atoms with Gasteiger partial charge in [-0.05, 0) is 66.5 Å². The number of aromatic hydroxyl groups is 1. The van der Waals surface area contributed by atoms with Gasteiger partial charge in [0, 0.05) is 0 Å². The van der Waals surface area contributed by atoms with E-state index in [0.717, 1.165) is 31.2 Å². The van der Waals surface area contributed by atoms with Crippen molar-refractivity contribution >= 4 is 5.97 Å². The van der Waals surface area contributed by atoms with E-state index in [-0.39, 0.29) is 11.3 Å². The minimum absolute atomic E-state index is 0.0140. The Morgan fingerprint density at radius 1 is 0.862 bits per heavy atom. The van der Waals surface area contributed by atoms with Crippen molar-refractivity contribution in [3.63, 3.8) is 0 Å². The second-order valence-electron chi connectivity index (χ2n) is 7.42. The van der Waals surface area contributed by atoms with Crippen LogP contribution in [0.1, 0.15) is 51.5 Å². The predicted octanol–water partition coefficient (Wildman–Crippen LogP) is 5.64. The first-order valence-corrected chi connectivity index (χ1v) is 10.2. The number of ether oxygens (including phenoxy) is 1. The van der Waals surface area contributed by atoms with Crippen LogP contribution in [-0.4, -0.2) is 17.7 Å². The number of hydrogen-bond donors (Lipinski definition) is 1. The zero-order valence-corrected chi connectivity index (χ0v) is 17.2. The van der Waals surface area contributed by atoms with Gasteiger partial charge in [-0.15, -0.1) is 0 Å². The van der Waals surface area contributed by atoms with Crippen LogP contribution in [0, 0.1) is 6.92 Å². The lowest BCUT2D eigenvalue weighted by Gasteiger charge is -2.11. The summed E-state index contributed by atoms with van der Waals surface area (Å²) in [6.07, 6.45) is 3.36. The van der Waals surface area contributed by atoms with Gasteiger partial charge in [0.2, 0.25) is 0 Å². The van der Waals surface area contributed by atoms with Crippen LogP contribution in [-0.2, 0) is 24.0 Å². The summed E-state index contributed by atoms with van der Waals surface area (Å²) in [6, 6.07) is 22.8. The SMILES string of the molecule is CCCOC(=O)c1cc(CCc2ccc(Cc3ccccc3)cc2)cc(C)c1O. The molecule has 0 aliphatic heterocycles. The molecule has 0 bridgehead atoms. The molecule has 0 amide bonds. The molecule has 0 saturated heterocycles. The van der Waals surface area contributed by atoms with E-state index in [0.29, 0.717) is 12.2 Å². The Morgan fingerprint density at radius 2 is 1.48 bits per heavy atom. The molecular formula is C26H28O3. The van der Waals surface area contributed by atoms with Gasteiger partial charge in [-0.2, -0.15) is 0 Å². The predicted molar refractivity (Wildman–Crippen MR) is 117 cm³/mol. The molecule has 0 aliphatic carbocycles. The van der Waals surface area contributed by atoms with Gasteiger partial charge in [0.25, 0.3) is 0 Å². The number of phenolic OH excluding ortho intramolecular Hbond substituents is 1. The normalized spacial score (nSPS) is 10.7. The summed E-state index contributed by atoms with van der Waals surface area (Å²) < 4.78 is 5.19. The van der Waals surface area contributed by atoms with Crippen molar-refractivity contribution in [2.24, 2.45) is 0 Å². The van der Waals surface area contributed by atoms with Crippen molar-refractivity contribution in [2.75, 3.05) is 6.61 Å². The Labute approximate surface area is 173 Å². The highest BCUT2D eigenvalue weighted by Gasteiger charge is 2.16. The average Bonchev–Trinajstić information content (AvgIpc) is 2.74. The van der Waals surface area contributed by atoms with Crippen molar-refractivity contribution in [2.45, 2.75) is 39.5 Å². The number of aryl methyl sites for hydroxylation is 3. The topological polar surface area (TPSA) is 46.5 Å². The van der Waals surface area contributed by atoms with Gasteiger partial charge in [-0.1, -0.05) is 67.6 Å². The number of hydrogen-bond acceptors (Lipinski definition) is 3. The van der Waals surface area contributed by atoms with Crippen LogP contribution in [0.3, 0.4) is 0 Å². The maximum atomic E-state index is 12.2. The summed E-state index contributed by atoms with van der Waals surface area (Å²) in [6.45, 7) is 4.12. The van der Waals surface area contributed by atoms with Crippen LogP contribution in [0.25, 0.3) is 0 Å². The Hall–Kier alpha value is -3.07. The lowest BCUT2D eigenvalue weighted by atomic mass is 9.98. The fraction of sp³-hybridized carbons (Fsp3) is 0.269. The maximum absolute atomic E-state index is 12.2. The van der Waals surface area contributed by atoms with E-state index >= 15 is 0 Å². The highest BCUT2D eigenvalue weighted by atomic mass is 16.5. The van der Waals surface area contributed by atoms with Crippen molar-refractivity contribution < 1.29 is 14.6 Å². The van der Waals surface area contributed by atoms with Gasteiger partial charge < -0.3 is 9.84 Å². The summed E-state index contributed by atoms with van der Waals surface area (Å²) in [7, 11) is 0. The molecule has 0 aliphatic rings. The Morgan fingerprint density at radius 3 is 2.17 bits per heavy atom. The zero-order chi connectivity index (χ0) is 20.6. The van der Waals surface area contributed by atoms with E-state index in [4.69, 9.17) is 4.74 Å². The molecular weight excluding hydrogens is 360 g/mol. The maximum Gasteiger partial charge on any atom is 0.341 e. The summed E-state index contributed by atoms with van der Waals surface area (Å²) in [5.41, 5.74) is 5.83. The molecule has 3 aromatic rings. The lowest BCUT2D eigenvalue weighted by Crippen LogP contribution is -2.08. The lowest BCUT2D eigenvalue weighted by molar-refractivity contribution is 0.0501. The number of rotatable bonds is 8. The van der Waals surface area contributed by atoms with Crippen molar-refractivity contribution in [3.05, 3.63) is 100 Å². The number of carbonyl (C=O) groups excluding carboxylic acids is 1. The van der Waals surface area contributed by atoms with Gasteiger partial charge in [0.15, 0.2) is 0 Å². The molecule has 0 unspecified atom stereocenters. The number of phenols is 1. The third-order valence-corrected chi connectivity index (χ3v) is 4.99. The molecule has 0 fully saturated rings. The van der Waals surface area contributed by atoms with Gasteiger partial charge in [-0.25, -0.2) is 4.79 Å². The van der Waals surface area contributed by atoms with Gasteiger partial charge in [0.1, 0.15) is 11.3 Å². The first-order chi connectivity index (χ1) is 14.1. The molecule has 0 saturated carbocycles. The van der Waals surface area contributed by atoms with Crippen LogP contribution in [0.5, 0.6) is 5.75 Å². The molecule has 3 nitrogen and oxygen atoms in total. The monoisotopic (exact) mass is 388 g/mol. The van der Waals surface area contributed by atoms with E-state index in [1.165, 1.54) is 16.7 Å². The van der Waals surface area contributed by atoms with E-state index in [2.05, 4.69) is 48.5 Å². The molecule has 1 N–H and O–H groups in total. The van der Waals surface area contributed by atoms with Crippen LogP contribution in [0.15, 0.2) is 66.7 Å². The summed E-state index contributed by atoms with van der Waals surface area (Å²) in [4.78, 5) is 12.2. The number of esters is 1. The molecule has 3 rings (SSSR count). The molecule has 0 heterocycles. The van der Waals surface area contributed by atoms with E-state index in [9.17, 15) is 9.90 Å². The number of benzene rings is 3. The van der Waals surface area contributed by atoms with Crippen molar-refractivity contribution in [1.29, 1.82) is 0 Å². The fourth-order valence-corrected chi connectivity index (χ4v) is 3.37. The minimum Gasteiger partial charge on any atom is -0.507 e. The Bertz CT molecular complexity index is 944. The van der Waals surface area contributed by atoms with E-state index in [1.54, 1.807) is 6.07 Å².